The standard InChI is InChI=1S/C19H32O/c1-6-16-18(7-2,8-3)14-12-11-13-15(20)17(14)19(16,9-4)10-5/h16H,6-13H2,1-5H3. The summed E-state index contributed by atoms with van der Waals surface area (Å²) in [5.74, 6) is 1.16. The third-order valence-electron chi connectivity index (χ3n) is 6.78. The van der Waals surface area contributed by atoms with Crippen LogP contribution >= 0.6 is 0 Å². The van der Waals surface area contributed by atoms with E-state index in [0.29, 0.717) is 17.1 Å². The first-order valence-electron chi connectivity index (χ1n) is 8.85. The quantitative estimate of drug-likeness (QED) is 0.630. The van der Waals surface area contributed by atoms with Crippen LogP contribution in [0.2, 0.25) is 0 Å². The molecule has 0 heterocycles. The average Bonchev–Trinajstić information content (AvgIpc) is 2.74. The summed E-state index contributed by atoms with van der Waals surface area (Å²) in [6.45, 7) is 11.6. The van der Waals surface area contributed by atoms with Crippen molar-refractivity contribution in [3.63, 3.8) is 0 Å². The lowest BCUT2D eigenvalue weighted by Gasteiger charge is -2.44. The summed E-state index contributed by atoms with van der Waals surface area (Å²) in [7, 11) is 0. The Morgan fingerprint density at radius 2 is 1.45 bits per heavy atom. The number of carbonyl (C=O) groups excluding carboxylic acids is 1. The monoisotopic (exact) mass is 276 g/mol. The fourth-order valence-electron chi connectivity index (χ4n) is 5.88. The van der Waals surface area contributed by atoms with E-state index in [1.165, 1.54) is 31.3 Å². The lowest BCUT2D eigenvalue weighted by Crippen LogP contribution is -2.37. The van der Waals surface area contributed by atoms with Crippen molar-refractivity contribution < 1.29 is 4.79 Å². The van der Waals surface area contributed by atoms with Gasteiger partial charge < -0.3 is 0 Å². The van der Waals surface area contributed by atoms with E-state index in [1.807, 2.05) is 0 Å². The van der Waals surface area contributed by atoms with Gasteiger partial charge in [-0.05, 0) is 49.9 Å². The molecular formula is C19H32O. The molecule has 0 saturated carbocycles. The molecule has 0 aromatic heterocycles. The molecule has 1 atom stereocenters. The van der Waals surface area contributed by atoms with Crippen LogP contribution in [0.3, 0.4) is 0 Å². The Bertz CT molecular complexity index is 407. The second-order valence-electron chi connectivity index (χ2n) is 6.82. The lowest BCUT2D eigenvalue weighted by molar-refractivity contribution is -0.117. The molecule has 0 aliphatic heterocycles. The zero-order chi connectivity index (χ0) is 15.0. The first-order valence-corrected chi connectivity index (χ1v) is 8.85. The molecule has 2 rings (SSSR count). The number of carbonyl (C=O) groups is 1. The van der Waals surface area contributed by atoms with Gasteiger partial charge in [-0.15, -0.1) is 0 Å². The minimum absolute atomic E-state index is 0.174. The third-order valence-corrected chi connectivity index (χ3v) is 6.78. The number of Topliss-reactive ketones (excluding diaryl/α,β-unsaturated/α-hetero) is 1. The zero-order valence-electron chi connectivity index (χ0n) is 14.1. The van der Waals surface area contributed by atoms with Gasteiger partial charge in [-0.3, -0.25) is 4.79 Å². The second-order valence-corrected chi connectivity index (χ2v) is 6.82. The number of ketones is 1. The van der Waals surface area contributed by atoms with E-state index >= 15 is 0 Å². The van der Waals surface area contributed by atoms with Crippen molar-refractivity contribution in [2.45, 2.75) is 86.0 Å². The van der Waals surface area contributed by atoms with Gasteiger partial charge in [0, 0.05) is 17.4 Å². The van der Waals surface area contributed by atoms with Gasteiger partial charge in [0.1, 0.15) is 0 Å². The highest BCUT2D eigenvalue weighted by Crippen LogP contribution is 2.66. The van der Waals surface area contributed by atoms with Gasteiger partial charge in [-0.1, -0.05) is 46.6 Å². The summed E-state index contributed by atoms with van der Waals surface area (Å²) in [6.07, 6.45) is 8.94. The molecule has 1 nitrogen and oxygen atoms in total. The number of allylic oxidation sites excluding steroid dienone is 2. The smallest absolute Gasteiger partial charge is 0.159 e. The predicted molar refractivity (Wildman–Crippen MR) is 85.7 cm³/mol. The first-order chi connectivity index (χ1) is 9.57. The van der Waals surface area contributed by atoms with Gasteiger partial charge in [-0.2, -0.15) is 0 Å². The summed E-state index contributed by atoms with van der Waals surface area (Å²) in [5.41, 5.74) is 3.36. The maximum Gasteiger partial charge on any atom is 0.159 e. The Hall–Kier alpha value is -0.590. The summed E-state index contributed by atoms with van der Waals surface area (Å²) >= 11 is 0. The van der Waals surface area contributed by atoms with E-state index < -0.39 is 0 Å². The first kappa shape index (κ1) is 15.8. The second kappa shape index (κ2) is 5.66. The van der Waals surface area contributed by atoms with Crippen molar-refractivity contribution in [2.75, 3.05) is 0 Å². The average molecular weight is 276 g/mol. The van der Waals surface area contributed by atoms with Crippen molar-refractivity contribution in [3.05, 3.63) is 11.1 Å². The summed E-state index contributed by atoms with van der Waals surface area (Å²) in [4.78, 5) is 12.7. The highest BCUT2D eigenvalue weighted by Gasteiger charge is 2.58. The minimum atomic E-state index is 0.174. The molecule has 2 aliphatic rings. The topological polar surface area (TPSA) is 17.1 Å². The number of rotatable bonds is 5. The third kappa shape index (κ3) is 1.77. The number of hydrogen-bond acceptors (Lipinski definition) is 1. The van der Waals surface area contributed by atoms with Gasteiger partial charge in [-0.25, -0.2) is 0 Å². The molecule has 0 bridgehead atoms. The molecule has 20 heavy (non-hydrogen) atoms. The molecule has 114 valence electrons. The Morgan fingerprint density at radius 1 is 0.900 bits per heavy atom. The molecule has 0 saturated heterocycles. The van der Waals surface area contributed by atoms with Crippen molar-refractivity contribution in [3.8, 4) is 0 Å². The molecule has 1 unspecified atom stereocenters. The highest BCUT2D eigenvalue weighted by molar-refractivity contribution is 5.99. The lowest BCUT2D eigenvalue weighted by atomic mass is 9.59. The molecule has 0 fully saturated rings. The van der Waals surface area contributed by atoms with Crippen molar-refractivity contribution >= 4 is 5.78 Å². The fraction of sp³-hybridized carbons (Fsp3) is 0.842. The maximum absolute atomic E-state index is 12.7. The molecule has 0 radical (unpaired) electrons. The summed E-state index contributed by atoms with van der Waals surface area (Å²) < 4.78 is 0. The van der Waals surface area contributed by atoms with Gasteiger partial charge in [0.2, 0.25) is 0 Å². The van der Waals surface area contributed by atoms with E-state index in [9.17, 15) is 4.79 Å². The Kier molecular flexibility index (Phi) is 4.47. The fourth-order valence-corrected chi connectivity index (χ4v) is 5.88. The van der Waals surface area contributed by atoms with E-state index in [1.54, 1.807) is 5.57 Å². The largest absolute Gasteiger partial charge is 0.295 e. The van der Waals surface area contributed by atoms with E-state index in [0.717, 1.165) is 25.7 Å². The van der Waals surface area contributed by atoms with E-state index in [4.69, 9.17) is 0 Å². The van der Waals surface area contributed by atoms with Gasteiger partial charge >= 0.3 is 0 Å². The van der Waals surface area contributed by atoms with Crippen LogP contribution in [0.15, 0.2) is 11.1 Å². The molecule has 0 aromatic rings. The summed E-state index contributed by atoms with van der Waals surface area (Å²) in [6, 6.07) is 0. The molecular weight excluding hydrogens is 244 g/mol. The maximum atomic E-state index is 12.7. The molecule has 1 heteroatoms. The molecule has 2 aliphatic carbocycles. The van der Waals surface area contributed by atoms with Crippen LogP contribution in [0.1, 0.15) is 86.0 Å². The van der Waals surface area contributed by atoms with Crippen LogP contribution < -0.4 is 0 Å². The Balaban J connectivity index is 2.70. The normalized spacial score (nSPS) is 27.9. The van der Waals surface area contributed by atoms with Crippen molar-refractivity contribution in [2.24, 2.45) is 16.7 Å². The predicted octanol–water partition coefficient (Wildman–Crippen LogP) is 5.69. The van der Waals surface area contributed by atoms with Crippen molar-refractivity contribution in [1.82, 2.24) is 0 Å². The van der Waals surface area contributed by atoms with Gasteiger partial charge in [0.15, 0.2) is 5.78 Å². The van der Waals surface area contributed by atoms with E-state index in [-0.39, 0.29) is 5.41 Å². The van der Waals surface area contributed by atoms with Crippen molar-refractivity contribution in [1.29, 1.82) is 0 Å². The Morgan fingerprint density at radius 3 is 1.90 bits per heavy atom. The summed E-state index contributed by atoms with van der Waals surface area (Å²) in [5, 5.41) is 0. The van der Waals surface area contributed by atoms with Crippen LogP contribution in [0.5, 0.6) is 0 Å². The van der Waals surface area contributed by atoms with Crippen LogP contribution in [-0.4, -0.2) is 5.78 Å². The molecule has 0 aromatic carbocycles. The molecule has 0 spiro atoms. The Labute approximate surface area is 125 Å². The molecule has 0 amide bonds. The number of hydrogen-bond donors (Lipinski definition) is 0. The zero-order valence-corrected chi connectivity index (χ0v) is 14.1. The van der Waals surface area contributed by atoms with Gasteiger partial charge in [0.05, 0.1) is 0 Å². The van der Waals surface area contributed by atoms with E-state index in [2.05, 4.69) is 34.6 Å². The van der Waals surface area contributed by atoms with Crippen LogP contribution in [0, 0.1) is 16.7 Å². The van der Waals surface area contributed by atoms with Crippen LogP contribution in [0.4, 0.5) is 0 Å². The van der Waals surface area contributed by atoms with Crippen LogP contribution in [-0.2, 0) is 4.79 Å². The van der Waals surface area contributed by atoms with Crippen LogP contribution in [0.25, 0.3) is 0 Å². The minimum Gasteiger partial charge on any atom is -0.295 e. The SMILES string of the molecule is CCC1C(CC)(CC)C2=C(C(=O)CCC2)C1(CC)CC. The molecule has 0 N–H and O–H groups in total. The van der Waals surface area contributed by atoms with Gasteiger partial charge in [0.25, 0.3) is 0 Å². The highest BCUT2D eigenvalue weighted by atomic mass is 16.1.